The zero-order valence-electron chi connectivity index (χ0n) is 16.0. The van der Waals surface area contributed by atoms with Gasteiger partial charge < -0.3 is 4.98 Å². The highest BCUT2D eigenvalue weighted by atomic mass is 15.5. The molecular formula is C19H19N9. The van der Waals surface area contributed by atoms with E-state index in [0.29, 0.717) is 39.9 Å². The van der Waals surface area contributed by atoms with Gasteiger partial charge in [-0.1, -0.05) is 51.1 Å². The number of aromatic nitrogens is 6. The maximum Gasteiger partial charge on any atom is 0.188 e. The van der Waals surface area contributed by atoms with Crippen molar-refractivity contribution in [2.24, 2.45) is 10.2 Å². The van der Waals surface area contributed by atoms with Gasteiger partial charge in [0.15, 0.2) is 17.2 Å². The molecule has 4 rings (SSSR count). The minimum absolute atomic E-state index is 0.282. The van der Waals surface area contributed by atoms with Crippen LogP contribution in [0.3, 0.4) is 0 Å². The lowest BCUT2D eigenvalue weighted by atomic mass is 9.90. The van der Waals surface area contributed by atoms with Crippen LogP contribution in [0.1, 0.15) is 37.9 Å². The molecule has 0 spiro atoms. The molecule has 0 aliphatic rings. The fourth-order valence-corrected chi connectivity index (χ4v) is 2.96. The molecule has 3 heterocycles. The van der Waals surface area contributed by atoms with Crippen LogP contribution in [0.25, 0.3) is 16.9 Å². The average Bonchev–Trinajstić information content (AvgIpc) is 3.32. The molecule has 9 heteroatoms. The van der Waals surface area contributed by atoms with Crippen molar-refractivity contribution < 1.29 is 0 Å². The van der Waals surface area contributed by atoms with Crippen LogP contribution in [0.4, 0.5) is 11.5 Å². The van der Waals surface area contributed by atoms with Gasteiger partial charge in [0, 0.05) is 11.0 Å². The summed E-state index contributed by atoms with van der Waals surface area (Å²) in [5.74, 6) is 1.04. The number of hydrogen-bond acceptors (Lipinski definition) is 6. The highest BCUT2D eigenvalue weighted by molar-refractivity contribution is 5.82. The number of aryl methyl sites for hydroxylation is 1. The molecule has 0 radical (unpaired) electrons. The third-order valence-electron chi connectivity index (χ3n) is 4.25. The van der Waals surface area contributed by atoms with Crippen LogP contribution < -0.4 is 0 Å². The number of benzene rings is 1. The summed E-state index contributed by atoms with van der Waals surface area (Å²) in [5.41, 5.74) is 3.49. The second-order valence-electron chi connectivity index (χ2n) is 7.47. The van der Waals surface area contributed by atoms with Gasteiger partial charge in [0.05, 0.1) is 5.69 Å². The van der Waals surface area contributed by atoms with Gasteiger partial charge in [0.2, 0.25) is 0 Å². The molecule has 0 unspecified atom stereocenters. The molecule has 140 valence electrons. The summed E-state index contributed by atoms with van der Waals surface area (Å²) in [7, 11) is 0. The predicted molar refractivity (Wildman–Crippen MR) is 104 cm³/mol. The standard InChI is InChI=1S/C19H19N9/c1-11-21-18-15(14(27-28(18)26-11)12-8-6-5-7-9-12)22-24-17-13(10-20)16(23-25-17)19(2,3)4/h5-9H,1-4H3,(H,21,26)(H,23,25). The van der Waals surface area contributed by atoms with Crippen molar-refractivity contribution in [3.05, 3.63) is 47.4 Å². The Morgan fingerprint density at radius 2 is 1.86 bits per heavy atom. The smallest absolute Gasteiger partial charge is 0.188 e. The first-order valence-electron chi connectivity index (χ1n) is 8.80. The van der Waals surface area contributed by atoms with Crippen molar-refractivity contribution in [3.8, 4) is 17.3 Å². The number of rotatable bonds is 3. The fourth-order valence-electron chi connectivity index (χ4n) is 2.96. The fraction of sp³-hybridized carbons (Fsp3) is 0.263. The molecule has 0 bridgehead atoms. The number of H-pyrrole nitrogens is 2. The van der Waals surface area contributed by atoms with E-state index in [1.165, 1.54) is 4.63 Å². The molecule has 4 aromatic rings. The Morgan fingerprint density at radius 3 is 2.54 bits per heavy atom. The van der Waals surface area contributed by atoms with Gasteiger partial charge in [0.1, 0.15) is 23.2 Å². The van der Waals surface area contributed by atoms with Gasteiger partial charge in [0.25, 0.3) is 0 Å². The Bertz CT molecular complexity index is 1210. The van der Waals surface area contributed by atoms with E-state index in [0.717, 1.165) is 5.56 Å². The molecule has 9 nitrogen and oxygen atoms in total. The Labute approximate surface area is 161 Å². The van der Waals surface area contributed by atoms with Crippen LogP contribution in [-0.2, 0) is 5.41 Å². The maximum absolute atomic E-state index is 9.57. The van der Waals surface area contributed by atoms with Crippen molar-refractivity contribution in [2.75, 3.05) is 0 Å². The molecule has 0 fully saturated rings. The highest BCUT2D eigenvalue weighted by Gasteiger charge is 2.25. The van der Waals surface area contributed by atoms with Crippen LogP contribution in [0.15, 0.2) is 40.6 Å². The molecule has 0 aliphatic heterocycles. The van der Waals surface area contributed by atoms with Crippen LogP contribution in [0.2, 0.25) is 0 Å². The zero-order valence-corrected chi connectivity index (χ0v) is 16.0. The van der Waals surface area contributed by atoms with Gasteiger partial charge in [-0.25, -0.2) is 0 Å². The average molecular weight is 373 g/mol. The van der Waals surface area contributed by atoms with Crippen molar-refractivity contribution in [1.29, 1.82) is 5.26 Å². The molecular weight excluding hydrogens is 354 g/mol. The third-order valence-corrected chi connectivity index (χ3v) is 4.25. The topological polar surface area (TPSA) is 123 Å². The van der Waals surface area contributed by atoms with E-state index < -0.39 is 0 Å². The van der Waals surface area contributed by atoms with Crippen molar-refractivity contribution in [2.45, 2.75) is 33.1 Å². The van der Waals surface area contributed by atoms with Crippen LogP contribution in [-0.4, -0.2) is 30.0 Å². The van der Waals surface area contributed by atoms with E-state index in [9.17, 15) is 5.26 Å². The van der Waals surface area contributed by atoms with E-state index in [1.54, 1.807) is 0 Å². The second-order valence-corrected chi connectivity index (χ2v) is 7.47. The maximum atomic E-state index is 9.57. The SMILES string of the molecule is Cc1nn2nc(-c3ccccc3)c(N=Nc3[nH]nc(C(C)(C)C)c3C#N)c2[nH]1. The van der Waals surface area contributed by atoms with Crippen LogP contribution in [0.5, 0.6) is 0 Å². The third kappa shape index (κ3) is 2.95. The Morgan fingerprint density at radius 1 is 1.11 bits per heavy atom. The summed E-state index contributed by atoms with van der Waals surface area (Å²) in [6, 6.07) is 11.9. The molecule has 28 heavy (non-hydrogen) atoms. The highest BCUT2D eigenvalue weighted by Crippen LogP contribution is 2.35. The van der Waals surface area contributed by atoms with E-state index >= 15 is 0 Å². The van der Waals surface area contributed by atoms with E-state index in [2.05, 4.69) is 41.7 Å². The molecule has 0 amide bonds. The Hall–Kier alpha value is -3.80. The first-order chi connectivity index (χ1) is 13.4. The number of fused-ring (bicyclic) bond motifs is 1. The number of nitrogens with zero attached hydrogens (tertiary/aromatic N) is 7. The molecule has 3 aromatic heterocycles. The summed E-state index contributed by atoms with van der Waals surface area (Å²) >= 11 is 0. The lowest BCUT2D eigenvalue weighted by Crippen LogP contribution is -2.13. The van der Waals surface area contributed by atoms with Gasteiger partial charge in [-0.3, -0.25) is 5.10 Å². The van der Waals surface area contributed by atoms with Gasteiger partial charge >= 0.3 is 0 Å². The first-order valence-corrected chi connectivity index (χ1v) is 8.80. The van der Waals surface area contributed by atoms with Crippen LogP contribution in [0, 0.1) is 18.3 Å². The molecule has 0 aliphatic carbocycles. The van der Waals surface area contributed by atoms with Crippen molar-refractivity contribution in [3.63, 3.8) is 0 Å². The van der Waals surface area contributed by atoms with Gasteiger partial charge in [-0.05, 0) is 6.92 Å². The van der Waals surface area contributed by atoms with Crippen LogP contribution >= 0.6 is 0 Å². The summed E-state index contributed by atoms with van der Waals surface area (Å²) in [5, 5.41) is 34.2. The first kappa shape index (κ1) is 17.6. The minimum atomic E-state index is -0.282. The molecule has 2 N–H and O–H groups in total. The largest absolute Gasteiger partial charge is 0.324 e. The van der Waals surface area contributed by atoms with E-state index in [4.69, 9.17) is 0 Å². The Balaban J connectivity index is 1.84. The predicted octanol–water partition coefficient (Wildman–Crippen LogP) is 4.34. The number of nitrogens with one attached hydrogen (secondary N) is 2. The van der Waals surface area contributed by atoms with Crippen molar-refractivity contribution >= 4 is 17.2 Å². The van der Waals surface area contributed by atoms with Crippen molar-refractivity contribution in [1.82, 2.24) is 30.0 Å². The lowest BCUT2D eigenvalue weighted by molar-refractivity contribution is 0.565. The van der Waals surface area contributed by atoms with E-state index in [-0.39, 0.29) is 5.41 Å². The Kier molecular flexibility index (Phi) is 4.04. The summed E-state index contributed by atoms with van der Waals surface area (Å²) in [6.07, 6.45) is 0. The molecule has 0 atom stereocenters. The summed E-state index contributed by atoms with van der Waals surface area (Å²) < 4.78 is 1.50. The molecule has 1 aromatic carbocycles. The number of aromatic amines is 2. The quantitative estimate of drug-likeness (QED) is 0.518. The zero-order chi connectivity index (χ0) is 19.9. The number of azo groups is 1. The number of nitriles is 1. The monoisotopic (exact) mass is 373 g/mol. The normalized spacial score (nSPS) is 12.1. The minimum Gasteiger partial charge on any atom is -0.324 e. The van der Waals surface area contributed by atoms with Gasteiger partial charge in [-0.2, -0.15) is 10.4 Å². The van der Waals surface area contributed by atoms with E-state index in [1.807, 2.05) is 58.0 Å². The number of hydrogen-bond donors (Lipinski definition) is 2. The molecule has 0 saturated carbocycles. The second kappa shape index (κ2) is 6.42. The summed E-state index contributed by atoms with van der Waals surface area (Å²) in [6.45, 7) is 7.82. The lowest BCUT2D eigenvalue weighted by Gasteiger charge is -2.14. The van der Waals surface area contributed by atoms with Gasteiger partial charge in [-0.15, -0.1) is 25.1 Å². The summed E-state index contributed by atoms with van der Waals surface area (Å²) in [4.78, 5) is 3.16. The molecule has 0 saturated heterocycles.